The summed E-state index contributed by atoms with van der Waals surface area (Å²) in [4.78, 5) is 27.2. The fourth-order valence-corrected chi connectivity index (χ4v) is 3.67. The Kier molecular flexibility index (Phi) is 5.67. The minimum Gasteiger partial charge on any atom is -0.376 e. The molecule has 3 rings (SSSR count). The van der Waals surface area contributed by atoms with Gasteiger partial charge >= 0.3 is 0 Å². The highest BCUT2D eigenvalue weighted by molar-refractivity contribution is 7.99. The van der Waals surface area contributed by atoms with Crippen LogP contribution in [0.25, 0.3) is 0 Å². The van der Waals surface area contributed by atoms with Crippen LogP contribution in [-0.2, 0) is 20.9 Å². The van der Waals surface area contributed by atoms with E-state index in [-0.39, 0.29) is 17.9 Å². The third-order valence-electron chi connectivity index (χ3n) is 4.30. The van der Waals surface area contributed by atoms with Crippen molar-refractivity contribution >= 4 is 23.6 Å². The number of carbonyl (C=O) groups is 2. The summed E-state index contributed by atoms with van der Waals surface area (Å²) in [6, 6.07) is 0. The van der Waals surface area contributed by atoms with Gasteiger partial charge in [0.25, 0.3) is 0 Å². The van der Waals surface area contributed by atoms with Gasteiger partial charge in [-0.15, -0.1) is 5.10 Å². The van der Waals surface area contributed by atoms with Crippen LogP contribution in [-0.4, -0.2) is 86.5 Å². The van der Waals surface area contributed by atoms with Gasteiger partial charge in [-0.25, -0.2) is 4.68 Å². The van der Waals surface area contributed by atoms with Crippen molar-refractivity contribution in [3.8, 4) is 0 Å². The predicted molar refractivity (Wildman–Crippen MR) is 86.3 cm³/mol. The molecule has 0 radical (unpaired) electrons. The number of amides is 2. The molecule has 3 heterocycles. The number of nitrogens with zero attached hydrogens (tertiary/aromatic N) is 6. The van der Waals surface area contributed by atoms with Crippen LogP contribution in [0.1, 0.15) is 19.8 Å². The van der Waals surface area contributed by atoms with Crippen molar-refractivity contribution in [2.24, 2.45) is 0 Å². The summed E-state index contributed by atoms with van der Waals surface area (Å²) in [5, 5.41) is 12.3. The van der Waals surface area contributed by atoms with Crippen LogP contribution in [0, 0.1) is 0 Å². The average Bonchev–Trinajstić information content (AvgIpc) is 3.25. The van der Waals surface area contributed by atoms with E-state index in [4.69, 9.17) is 4.74 Å². The summed E-state index contributed by atoms with van der Waals surface area (Å²) in [6.07, 6.45) is 2.24. The fraction of sp³-hybridized carbons (Fsp3) is 0.786. The number of ether oxygens (including phenoxy) is 1. The van der Waals surface area contributed by atoms with Crippen LogP contribution in [0.4, 0.5) is 0 Å². The van der Waals surface area contributed by atoms with E-state index in [1.807, 2.05) is 0 Å². The minimum absolute atomic E-state index is 0.0508. The topological polar surface area (TPSA) is 93.5 Å². The van der Waals surface area contributed by atoms with Crippen molar-refractivity contribution in [3.05, 3.63) is 0 Å². The van der Waals surface area contributed by atoms with Gasteiger partial charge < -0.3 is 14.5 Å². The van der Waals surface area contributed by atoms with E-state index in [0.29, 0.717) is 43.6 Å². The second kappa shape index (κ2) is 7.93. The minimum atomic E-state index is 0.0508. The Labute approximate surface area is 144 Å². The molecule has 132 valence electrons. The molecule has 2 aliphatic heterocycles. The number of rotatable bonds is 5. The predicted octanol–water partition coefficient (Wildman–Crippen LogP) is -0.365. The van der Waals surface area contributed by atoms with Gasteiger partial charge in [0.15, 0.2) is 0 Å². The van der Waals surface area contributed by atoms with Crippen LogP contribution in [0.2, 0.25) is 0 Å². The lowest BCUT2D eigenvalue weighted by Crippen LogP contribution is -2.50. The molecule has 10 heteroatoms. The molecular formula is C14H22N6O3S. The molecule has 2 aliphatic rings. The van der Waals surface area contributed by atoms with E-state index in [9.17, 15) is 9.59 Å². The molecule has 2 amide bonds. The van der Waals surface area contributed by atoms with Crippen LogP contribution < -0.4 is 0 Å². The van der Waals surface area contributed by atoms with Crippen molar-refractivity contribution in [2.75, 3.05) is 38.5 Å². The monoisotopic (exact) mass is 354 g/mol. The largest absolute Gasteiger partial charge is 0.376 e. The van der Waals surface area contributed by atoms with Crippen molar-refractivity contribution in [2.45, 2.75) is 37.6 Å². The third kappa shape index (κ3) is 4.23. The molecule has 1 unspecified atom stereocenters. The standard InChI is InChI=1S/C14H22N6O3S/c1-11(21)18-4-6-19(7-5-18)13(22)10-24-14-15-16-17-20(14)9-12-3-2-8-23-12/h12H,2-10H2,1H3. The van der Waals surface area contributed by atoms with Gasteiger partial charge in [-0.3, -0.25) is 9.59 Å². The van der Waals surface area contributed by atoms with Gasteiger partial charge in [-0.05, 0) is 23.3 Å². The number of carbonyl (C=O) groups excluding carboxylic acids is 2. The number of thioether (sulfide) groups is 1. The summed E-state index contributed by atoms with van der Waals surface area (Å²) in [7, 11) is 0. The number of aromatic nitrogens is 4. The normalized spacial score (nSPS) is 21.3. The van der Waals surface area contributed by atoms with Gasteiger partial charge in [-0.1, -0.05) is 11.8 Å². The SMILES string of the molecule is CC(=O)N1CCN(C(=O)CSc2nnnn2CC2CCCO2)CC1. The maximum atomic E-state index is 12.3. The van der Waals surface area contributed by atoms with E-state index < -0.39 is 0 Å². The highest BCUT2D eigenvalue weighted by atomic mass is 32.2. The van der Waals surface area contributed by atoms with Gasteiger partial charge in [-0.2, -0.15) is 0 Å². The zero-order valence-electron chi connectivity index (χ0n) is 13.8. The zero-order valence-corrected chi connectivity index (χ0v) is 14.6. The Bertz CT molecular complexity index is 581. The first-order valence-electron chi connectivity index (χ1n) is 8.17. The number of hydrogen-bond acceptors (Lipinski definition) is 7. The van der Waals surface area contributed by atoms with E-state index in [2.05, 4.69) is 15.5 Å². The molecule has 0 aliphatic carbocycles. The van der Waals surface area contributed by atoms with Crippen molar-refractivity contribution in [1.29, 1.82) is 0 Å². The molecule has 1 aromatic heterocycles. The van der Waals surface area contributed by atoms with E-state index in [1.165, 1.54) is 11.8 Å². The van der Waals surface area contributed by atoms with Gasteiger partial charge in [0.2, 0.25) is 17.0 Å². The lowest BCUT2D eigenvalue weighted by atomic mass is 10.2. The Morgan fingerprint density at radius 1 is 1.25 bits per heavy atom. The van der Waals surface area contributed by atoms with Crippen molar-refractivity contribution < 1.29 is 14.3 Å². The maximum absolute atomic E-state index is 12.3. The molecule has 1 atom stereocenters. The molecule has 1 aromatic rings. The summed E-state index contributed by atoms with van der Waals surface area (Å²) < 4.78 is 7.31. The molecular weight excluding hydrogens is 332 g/mol. The number of tetrazole rings is 1. The average molecular weight is 354 g/mol. The molecule has 0 bridgehead atoms. The van der Waals surface area contributed by atoms with Gasteiger partial charge in [0.1, 0.15) is 0 Å². The summed E-state index contributed by atoms with van der Waals surface area (Å²) in [5.74, 6) is 0.408. The summed E-state index contributed by atoms with van der Waals surface area (Å²) in [6.45, 7) is 5.34. The van der Waals surface area contributed by atoms with E-state index >= 15 is 0 Å². The first-order chi connectivity index (χ1) is 11.6. The molecule has 0 saturated carbocycles. The molecule has 0 aromatic carbocycles. The Morgan fingerprint density at radius 3 is 2.67 bits per heavy atom. The summed E-state index contributed by atoms with van der Waals surface area (Å²) >= 11 is 1.35. The molecule has 2 saturated heterocycles. The lowest BCUT2D eigenvalue weighted by molar-refractivity contribution is -0.136. The van der Waals surface area contributed by atoms with Crippen LogP contribution in [0.5, 0.6) is 0 Å². The summed E-state index contributed by atoms with van der Waals surface area (Å²) in [5.41, 5.74) is 0. The molecule has 24 heavy (non-hydrogen) atoms. The van der Waals surface area contributed by atoms with Crippen LogP contribution >= 0.6 is 11.8 Å². The highest BCUT2D eigenvalue weighted by Crippen LogP contribution is 2.19. The lowest BCUT2D eigenvalue weighted by Gasteiger charge is -2.34. The fourth-order valence-electron chi connectivity index (χ4n) is 2.88. The third-order valence-corrected chi connectivity index (χ3v) is 5.24. The molecule has 9 nitrogen and oxygen atoms in total. The first kappa shape index (κ1) is 17.2. The van der Waals surface area contributed by atoms with Crippen molar-refractivity contribution in [3.63, 3.8) is 0 Å². The van der Waals surface area contributed by atoms with Crippen molar-refractivity contribution in [1.82, 2.24) is 30.0 Å². The molecule has 0 N–H and O–H groups in total. The zero-order chi connectivity index (χ0) is 16.9. The Balaban J connectivity index is 1.46. The van der Waals surface area contributed by atoms with E-state index in [1.54, 1.807) is 21.4 Å². The van der Waals surface area contributed by atoms with Crippen LogP contribution in [0.3, 0.4) is 0 Å². The Hall–Kier alpha value is -1.68. The number of hydrogen-bond donors (Lipinski definition) is 0. The molecule has 2 fully saturated rings. The highest BCUT2D eigenvalue weighted by Gasteiger charge is 2.23. The number of piperazine rings is 1. The molecule has 0 spiro atoms. The second-order valence-corrected chi connectivity index (χ2v) is 6.90. The van der Waals surface area contributed by atoms with Crippen LogP contribution in [0.15, 0.2) is 5.16 Å². The van der Waals surface area contributed by atoms with Gasteiger partial charge in [0.05, 0.1) is 18.4 Å². The quantitative estimate of drug-likeness (QED) is 0.666. The first-order valence-corrected chi connectivity index (χ1v) is 9.16. The van der Waals surface area contributed by atoms with Gasteiger partial charge in [0, 0.05) is 39.7 Å². The second-order valence-electron chi connectivity index (χ2n) is 5.95. The van der Waals surface area contributed by atoms with E-state index in [0.717, 1.165) is 19.4 Å². The smallest absolute Gasteiger partial charge is 0.233 e. The maximum Gasteiger partial charge on any atom is 0.233 e. The Morgan fingerprint density at radius 2 is 2.00 bits per heavy atom.